The van der Waals surface area contributed by atoms with Gasteiger partial charge in [-0.15, -0.1) is 0 Å². The smallest absolute Gasteiger partial charge is 0.462 e. The van der Waals surface area contributed by atoms with Crippen LogP contribution < -0.4 is 0 Å². The predicted octanol–water partition coefficient (Wildman–Crippen LogP) is 22.7. The molecular weight excluding hydrogens is 1260 g/mol. The summed E-state index contributed by atoms with van der Waals surface area (Å²) >= 11 is 0. The Balaban J connectivity index is 5.23. The maximum absolute atomic E-state index is 13.1. The summed E-state index contributed by atoms with van der Waals surface area (Å²) in [5.74, 6) is -0.536. The number of carbonyl (C=O) groups is 4. The molecule has 0 amide bonds. The van der Waals surface area contributed by atoms with Crippen LogP contribution in [0.3, 0.4) is 0 Å². The number of carbonyl (C=O) groups excluding carboxylic acids is 4. The SMILES string of the molecule is CCCCCCCCCCCCCCCCCC(=O)O[C@H](COC(=O)CCCCCCCCCCC)COP(=O)(O)OC[C@H](O)COP(=O)(O)OC[C@@H](COC(=O)CCCCCCCCCCCCCCC(C)C)OC(=O)CCCCCCCCCCCCCCCCC(C)C. The summed E-state index contributed by atoms with van der Waals surface area (Å²) in [7, 11) is -9.91. The predicted molar refractivity (Wildman–Crippen MR) is 391 cm³/mol. The van der Waals surface area contributed by atoms with Crippen LogP contribution in [0.15, 0.2) is 0 Å². The molecule has 0 radical (unpaired) electrons. The highest BCUT2D eigenvalue weighted by molar-refractivity contribution is 7.47. The van der Waals surface area contributed by atoms with Gasteiger partial charge in [-0.05, 0) is 37.5 Å². The molecule has 2 unspecified atom stereocenters. The minimum atomic E-state index is -4.96. The van der Waals surface area contributed by atoms with Crippen molar-refractivity contribution in [1.29, 1.82) is 0 Å². The molecule has 19 heteroatoms. The standard InChI is InChI=1S/C77H150O17P2/c1-7-9-11-13-15-17-18-19-20-24-31-37-43-49-55-61-76(81)93-72(65-87-74(79)59-53-47-41-33-16-14-12-10-8-2)67-91-95(83,84)89-63-71(78)64-90-96(85,86)92-68-73(66-88-75(80)60-54-48-42-36-30-27-26-29-35-40-46-52-58-70(5)6)94-77(82)62-56-50-44-38-32-25-22-21-23-28-34-39-45-51-57-69(3)4/h69-73,78H,7-68H2,1-6H3,(H,83,84)(H,85,86)/t71-,72+,73+/m0/s1. The van der Waals surface area contributed by atoms with Gasteiger partial charge in [-0.25, -0.2) is 9.13 Å². The fraction of sp³-hybridized carbons (Fsp3) is 0.948. The summed E-state index contributed by atoms with van der Waals surface area (Å²) in [5.41, 5.74) is 0. The van der Waals surface area contributed by atoms with E-state index < -0.39 is 97.5 Å². The lowest BCUT2D eigenvalue weighted by atomic mass is 10.0. The van der Waals surface area contributed by atoms with Crippen LogP contribution in [-0.4, -0.2) is 96.7 Å². The molecule has 5 atom stereocenters. The molecule has 0 aliphatic carbocycles. The molecule has 0 fully saturated rings. The largest absolute Gasteiger partial charge is 0.472 e. The zero-order valence-corrected chi connectivity index (χ0v) is 64.5. The second-order valence-electron chi connectivity index (χ2n) is 28.7. The Morgan fingerprint density at radius 3 is 0.708 bits per heavy atom. The maximum Gasteiger partial charge on any atom is 0.472 e. The first kappa shape index (κ1) is 94.1. The zero-order chi connectivity index (χ0) is 70.7. The number of esters is 4. The number of ether oxygens (including phenoxy) is 4. The third-order valence-electron chi connectivity index (χ3n) is 18.0. The second kappa shape index (κ2) is 68.8. The Kier molecular flexibility index (Phi) is 67.4. The van der Waals surface area contributed by atoms with Crippen LogP contribution >= 0.6 is 15.6 Å². The lowest BCUT2D eigenvalue weighted by molar-refractivity contribution is -0.161. The average molecular weight is 1410 g/mol. The molecule has 0 aliphatic rings. The first-order chi connectivity index (χ1) is 46.4. The molecule has 3 N–H and O–H groups in total. The molecule has 17 nitrogen and oxygen atoms in total. The molecule has 0 rings (SSSR count). The minimum Gasteiger partial charge on any atom is -0.462 e. The van der Waals surface area contributed by atoms with Crippen molar-refractivity contribution in [2.45, 2.75) is 419 Å². The molecule has 0 heterocycles. The molecule has 0 bridgehead atoms. The van der Waals surface area contributed by atoms with Gasteiger partial charge in [0.1, 0.15) is 19.3 Å². The van der Waals surface area contributed by atoms with Gasteiger partial charge in [0, 0.05) is 25.7 Å². The summed E-state index contributed by atoms with van der Waals surface area (Å²) in [6.07, 6.45) is 56.8. The van der Waals surface area contributed by atoms with Gasteiger partial charge in [0.2, 0.25) is 0 Å². The highest BCUT2D eigenvalue weighted by Crippen LogP contribution is 2.45. The van der Waals surface area contributed by atoms with Crippen molar-refractivity contribution in [1.82, 2.24) is 0 Å². The van der Waals surface area contributed by atoms with Gasteiger partial charge in [0.25, 0.3) is 0 Å². The van der Waals surface area contributed by atoms with Crippen LogP contribution in [0, 0.1) is 11.8 Å². The Labute approximate surface area is 588 Å². The third-order valence-corrected chi connectivity index (χ3v) is 19.9. The molecule has 0 saturated carbocycles. The zero-order valence-electron chi connectivity index (χ0n) is 62.7. The Hall–Kier alpha value is -1.94. The third kappa shape index (κ3) is 70.5. The highest BCUT2D eigenvalue weighted by atomic mass is 31.2. The van der Waals surface area contributed by atoms with Gasteiger partial charge in [0.15, 0.2) is 12.2 Å². The molecule has 0 aromatic rings. The van der Waals surface area contributed by atoms with E-state index in [1.54, 1.807) is 0 Å². The van der Waals surface area contributed by atoms with Gasteiger partial charge in [-0.1, -0.05) is 350 Å². The first-order valence-electron chi connectivity index (χ1n) is 40.0. The van der Waals surface area contributed by atoms with Crippen molar-refractivity contribution in [2.75, 3.05) is 39.6 Å². The van der Waals surface area contributed by atoms with Crippen molar-refractivity contribution in [3.8, 4) is 0 Å². The lowest BCUT2D eigenvalue weighted by Gasteiger charge is -2.21. The van der Waals surface area contributed by atoms with E-state index in [2.05, 4.69) is 41.5 Å². The van der Waals surface area contributed by atoms with Crippen molar-refractivity contribution >= 4 is 39.5 Å². The van der Waals surface area contributed by atoms with E-state index in [9.17, 15) is 43.2 Å². The number of hydrogen-bond acceptors (Lipinski definition) is 15. The summed E-state index contributed by atoms with van der Waals surface area (Å²) in [6.45, 7) is 9.63. The van der Waals surface area contributed by atoms with Crippen molar-refractivity contribution in [2.24, 2.45) is 11.8 Å². The average Bonchev–Trinajstić information content (AvgIpc) is 2.43. The van der Waals surface area contributed by atoms with Crippen molar-refractivity contribution in [3.05, 3.63) is 0 Å². The topological polar surface area (TPSA) is 237 Å². The summed E-state index contributed by atoms with van der Waals surface area (Å²) in [5, 5.41) is 10.6. The van der Waals surface area contributed by atoms with Gasteiger partial charge >= 0.3 is 39.5 Å². The van der Waals surface area contributed by atoms with E-state index in [1.807, 2.05) is 0 Å². The molecule has 0 saturated heterocycles. The molecule has 0 aromatic heterocycles. The molecule has 570 valence electrons. The fourth-order valence-corrected chi connectivity index (χ4v) is 13.4. The number of aliphatic hydroxyl groups excluding tert-OH is 1. The van der Waals surface area contributed by atoms with Crippen LogP contribution in [0.25, 0.3) is 0 Å². The summed E-state index contributed by atoms with van der Waals surface area (Å²) in [6, 6.07) is 0. The number of phosphoric acid groups is 2. The highest BCUT2D eigenvalue weighted by Gasteiger charge is 2.30. The van der Waals surface area contributed by atoms with Crippen LogP contribution in [-0.2, 0) is 65.4 Å². The number of hydrogen-bond donors (Lipinski definition) is 3. The second-order valence-corrected chi connectivity index (χ2v) is 31.6. The van der Waals surface area contributed by atoms with Crippen LogP contribution in [0.5, 0.6) is 0 Å². The molecule has 0 spiro atoms. The van der Waals surface area contributed by atoms with E-state index >= 15 is 0 Å². The summed E-state index contributed by atoms with van der Waals surface area (Å²) < 4.78 is 68.6. The van der Waals surface area contributed by atoms with Gasteiger partial charge in [0.05, 0.1) is 26.4 Å². The molecular formula is C77H150O17P2. The monoisotopic (exact) mass is 1410 g/mol. The minimum absolute atomic E-state index is 0.108. The number of rotatable bonds is 76. The van der Waals surface area contributed by atoms with E-state index in [1.165, 1.54) is 218 Å². The summed E-state index contributed by atoms with van der Waals surface area (Å²) in [4.78, 5) is 72.8. The van der Waals surface area contributed by atoms with Gasteiger partial charge in [-0.2, -0.15) is 0 Å². The Morgan fingerprint density at radius 1 is 0.281 bits per heavy atom. The van der Waals surface area contributed by atoms with E-state index in [0.29, 0.717) is 25.7 Å². The molecule has 96 heavy (non-hydrogen) atoms. The molecule has 0 aromatic carbocycles. The van der Waals surface area contributed by atoms with E-state index in [-0.39, 0.29) is 25.7 Å². The number of unbranched alkanes of at least 4 members (excludes halogenated alkanes) is 46. The van der Waals surface area contributed by atoms with Crippen molar-refractivity contribution in [3.63, 3.8) is 0 Å². The van der Waals surface area contributed by atoms with Gasteiger partial charge < -0.3 is 33.8 Å². The van der Waals surface area contributed by atoms with Crippen LogP contribution in [0.4, 0.5) is 0 Å². The van der Waals surface area contributed by atoms with Crippen LogP contribution in [0.2, 0.25) is 0 Å². The fourth-order valence-electron chi connectivity index (χ4n) is 11.8. The van der Waals surface area contributed by atoms with Gasteiger partial charge in [-0.3, -0.25) is 37.3 Å². The maximum atomic E-state index is 13.1. The van der Waals surface area contributed by atoms with E-state index in [0.717, 1.165) is 102 Å². The quantitative estimate of drug-likeness (QED) is 0.0222. The van der Waals surface area contributed by atoms with Crippen LogP contribution in [0.1, 0.15) is 401 Å². The lowest BCUT2D eigenvalue weighted by Crippen LogP contribution is -2.30. The van der Waals surface area contributed by atoms with E-state index in [4.69, 9.17) is 37.0 Å². The Bertz CT molecular complexity index is 1860. The number of phosphoric ester groups is 2. The normalized spacial score (nSPS) is 14.0. The first-order valence-corrected chi connectivity index (χ1v) is 43.0. The number of aliphatic hydroxyl groups is 1. The Morgan fingerprint density at radius 2 is 0.479 bits per heavy atom. The van der Waals surface area contributed by atoms with Crippen molar-refractivity contribution < 1.29 is 80.2 Å². The molecule has 0 aliphatic heterocycles.